The van der Waals surface area contributed by atoms with Crippen molar-refractivity contribution >= 4 is 37.9 Å². The van der Waals surface area contributed by atoms with Gasteiger partial charge in [-0.3, -0.25) is 0 Å². The van der Waals surface area contributed by atoms with Gasteiger partial charge in [0.25, 0.3) is 0 Å². The molecule has 0 radical (unpaired) electrons. The molecule has 0 amide bonds. The number of rotatable bonds is 2. The van der Waals surface area contributed by atoms with Crippen molar-refractivity contribution in [2.45, 2.75) is 18.8 Å². The summed E-state index contributed by atoms with van der Waals surface area (Å²) < 4.78 is 7.95. The Hall–Kier alpha value is -2.29. The normalized spacial score (nSPS) is 20.5. The van der Waals surface area contributed by atoms with Gasteiger partial charge in [0.05, 0.1) is 0 Å². The van der Waals surface area contributed by atoms with Crippen LogP contribution in [-0.2, 0) is 4.74 Å². The first-order valence-corrected chi connectivity index (χ1v) is 10.2. The molecule has 0 unspecified atom stereocenters. The summed E-state index contributed by atoms with van der Waals surface area (Å²) in [5.41, 5.74) is 11.0. The molecule has 0 bridgehead atoms. The molecule has 0 fully saturated rings. The van der Waals surface area contributed by atoms with E-state index < -0.39 is 0 Å². The van der Waals surface area contributed by atoms with Crippen molar-refractivity contribution in [1.82, 2.24) is 0 Å². The van der Waals surface area contributed by atoms with Crippen LogP contribution in [0.25, 0.3) is 6.08 Å². The molecule has 1 heterocycles. The van der Waals surface area contributed by atoms with E-state index in [0.29, 0.717) is 5.57 Å². The highest BCUT2D eigenvalue weighted by molar-refractivity contribution is 9.10. The highest BCUT2D eigenvalue weighted by Gasteiger charge is 2.37. The number of ether oxygens (including phenoxy) is 1. The number of hydrogen-bond donors (Lipinski definition) is 1. The standard InChI is InChI=1S/C22H16Br2N2O/c23-16-5-1-3-13(10-16)9-15-7-8-18-20(14-4-2-6-17(24)11-14)19(12-25)22(26)27-21(15)18/h1-6,9-11,20H,7-8,26H2/b15-9+/t20-/m0/s1. The average Bonchev–Trinajstić information content (AvgIpc) is 3.02. The molecule has 2 aromatic carbocycles. The van der Waals surface area contributed by atoms with Crippen molar-refractivity contribution < 1.29 is 4.74 Å². The molecule has 3 nitrogen and oxygen atoms in total. The maximum Gasteiger partial charge on any atom is 0.205 e. The predicted molar refractivity (Wildman–Crippen MR) is 113 cm³/mol. The van der Waals surface area contributed by atoms with Gasteiger partial charge in [-0.25, -0.2) is 0 Å². The van der Waals surface area contributed by atoms with Crippen LogP contribution in [0.5, 0.6) is 0 Å². The molecule has 1 aliphatic carbocycles. The zero-order chi connectivity index (χ0) is 19.0. The summed E-state index contributed by atoms with van der Waals surface area (Å²) in [6.07, 6.45) is 3.86. The van der Waals surface area contributed by atoms with E-state index in [0.717, 1.165) is 49.8 Å². The Kier molecular flexibility index (Phi) is 4.94. The second-order valence-corrected chi connectivity index (χ2v) is 8.39. The van der Waals surface area contributed by atoms with Crippen LogP contribution in [-0.4, -0.2) is 0 Å². The fourth-order valence-electron chi connectivity index (χ4n) is 3.70. The Balaban J connectivity index is 1.81. The van der Waals surface area contributed by atoms with Gasteiger partial charge in [0.1, 0.15) is 17.4 Å². The van der Waals surface area contributed by atoms with Gasteiger partial charge in [-0.2, -0.15) is 5.26 Å². The number of allylic oxidation sites excluding steroid dienone is 3. The van der Waals surface area contributed by atoms with Crippen LogP contribution in [0.1, 0.15) is 29.9 Å². The van der Waals surface area contributed by atoms with Gasteiger partial charge >= 0.3 is 0 Å². The number of hydrogen-bond acceptors (Lipinski definition) is 3. The highest BCUT2D eigenvalue weighted by atomic mass is 79.9. The summed E-state index contributed by atoms with van der Waals surface area (Å²) in [5.74, 6) is 0.851. The second kappa shape index (κ2) is 7.38. The Morgan fingerprint density at radius 1 is 1.07 bits per heavy atom. The van der Waals surface area contributed by atoms with Crippen LogP contribution < -0.4 is 5.73 Å². The van der Waals surface area contributed by atoms with E-state index >= 15 is 0 Å². The van der Waals surface area contributed by atoms with E-state index in [-0.39, 0.29) is 11.8 Å². The number of benzene rings is 2. The predicted octanol–water partition coefficient (Wildman–Crippen LogP) is 6.15. The van der Waals surface area contributed by atoms with Crippen molar-refractivity contribution in [2.75, 3.05) is 0 Å². The third kappa shape index (κ3) is 3.47. The molecule has 0 aromatic heterocycles. The van der Waals surface area contributed by atoms with Crippen molar-refractivity contribution in [3.8, 4) is 6.07 Å². The molecular formula is C22H16Br2N2O. The second-order valence-electron chi connectivity index (χ2n) is 6.56. The summed E-state index contributed by atoms with van der Waals surface area (Å²) in [4.78, 5) is 0. The van der Waals surface area contributed by atoms with Crippen molar-refractivity contribution in [2.24, 2.45) is 5.73 Å². The maximum absolute atomic E-state index is 9.69. The zero-order valence-electron chi connectivity index (χ0n) is 14.4. The topological polar surface area (TPSA) is 59.0 Å². The highest BCUT2D eigenvalue weighted by Crippen LogP contribution is 2.48. The minimum atomic E-state index is -0.162. The Morgan fingerprint density at radius 2 is 1.81 bits per heavy atom. The van der Waals surface area contributed by atoms with Crippen LogP contribution in [0.2, 0.25) is 0 Å². The van der Waals surface area contributed by atoms with Crippen molar-refractivity contribution in [3.63, 3.8) is 0 Å². The fraction of sp³-hybridized carbons (Fsp3) is 0.136. The van der Waals surface area contributed by atoms with Crippen molar-refractivity contribution in [1.29, 1.82) is 5.26 Å². The van der Waals surface area contributed by atoms with Crippen LogP contribution in [0.4, 0.5) is 0 Å². The lowest BCUT2D eigenvalue weighted by Crippen LogP contribution is -2.19. The van der Waals surface area contributed by atoms with Crippen LogP contribution in [0.15, 0.2) is 85.8 Å². The third-order valence-corrected chi connectivity index (χ3v) is 5.84. The minimum absolute atomic E-state index is 0.162. The molecule has 0 spiro atoms. The first-order valence-electron chi connectivity index (χ1n) is 8.59. The molecule has 0 saturated carbocycles. The third-order valence-electron chi connectivity index (χ3n) is 4.85. The summed E-state index contributed by atoms with van der Waals surface area (Å²) in [6, 6.07) is 18.4. The molecule has 1 atom stereocenters. The van der Waals surface area contributed by atoms with Crippen molar-refractivity contribution in [3.05, 3.63) is 97.0 Å². The summed E-state index contributed by atoms with van der Waals surface area (Å²) in [5, 5.41) is 9.69. The largest absolute Gasteiger partial charge is 0.440 e. The van der Waals surface area contributed by atoms with E-state index in [2.05, 4.69) is 56.1 Å². The van der Waals surface area contributed by atoms with Crippen LogP contribution >= 0.6 is 31.9 Å². The first kappa shape index (κ1) is 18.1. The van der Waals surface area contributed by atoms with E-state index in [1.807, 2.05) is 36.4 Å². The van der Waals surface area contributed by atoms with Gasteiger partial charge in [0.15, 0.2) is 0 Å². The average molecular weight is 484 g/mol. The van der Waals surface area contributed by atoms with Crippen LogP contribution in [0.3, 0.4) is 0 Å². The van der Waals surface area contributed by atoms with E-state index in [4.69, 9.17) is 10.5 Å². The van der Waals surface area contributed by atoms with Gasteiger partial charge in [-0.15, -0.1) is 0 Å². The smallest absolute Gasteiger partial charge is 0.205 e. The van der Waals surface area contributed by atoms with Gasteiger partial charge < -0.3 is 10.5 Å². The van der Waals surface area contributed by atoms with Gasteiger partial charge in [-0.1, -0.05) is 56.1 Å². The molecule has 2 aromatic rings. The molecule has 134 valence electrons. The van der Waals surface area contributed by atoms with E-state index in [1.54, 1.807) is 0 Å². The summed E-state index contributed by atoms with van der Waals surface area (Å²) in [6.45, 7) is 0. The lowest BCUT2D eigenvalue weighted by atomic mass is 9.83. The molecule has 4 rings (SSSR count). The van der Waals surface area contributed by atoms with Gasteiger partial charge in [-0.05, 0) is 65.5 Å². The summed E-state index contributed by atoms with van der Waals surface area (Å²) in [7, 11) is 0. The molecular weight excluding hydrogens is 468 g/mol. The zero-order valence-corrected chi connectivity index (χ0v) is 17.5. The van der Waals surface area contributed by atoms with E-state index in [1.165, 1.54) is 0 Å². The summed E-state index contributed by atoms with van der Waals surface area (Å²) >= 11 is 7.04. The molecule has 27 heavy (non-hydrogen) atoms. The quantitative estimate of drug-likeness (QED) is 0.557. The fourth-order valence-corrected chi connectivity index (χ4v) is 4.53. The lowest BCUT2D eigenvalue weighted by Gasteiger charge is -2.26. The van der Waals surface area contributed by atoms with Crippen LogP contribution in [0, 0.1) is 11.3 Å². The molecule has 2 aliphatic rings. The number of nitrogens with two attached hydrogens (primary N) is 1. The SMILES string of the molecule is N#CC1=C(N)OC2=C(CC/C2=C\c2cccc(Br)c2)[C@@H]1c1cccc(Br)c1. The molecule has 0 saturated heterocycles. The number of nitriles is 1. The first-order chi connectivity index (χ1) is 13.1. The molecule has 2 N–H and O–H groups in total. The minimum Gasteiger partial charge on any atom is -0.440 e. The monoisotopic (exact) mass is 482 g/mol. The molecule has 1 aliphatic heterocycles. The van der Waals surface area contributed by atoms with E-state index in [9.17, 15) is 5.26 Å². The maximum atomic E-state index is 9.69. The van der Waals surface area contributed by atoms with Gasteiger partial charge in [0, 0.05) is 14.9 Å². The molecule has 5 heteroatoms. The Labute approximate surface area is 175 Å². The van der Waals surface area contributed by atoms with Gasteiger partial charge in [0.2, 0.25) is 5.88 Å². The number of halogens is 2. The lowest BCUT2D eigenvalue weighted by molar-refractivity contribution is 0.292. The Bertz CT molecular complexity index is 1060. The Morgan fingerprint density at radius 3 is 2.52 bits per heavy atom. The number of nitrogens with zero attached hydrogens (tertiary/aromatic N) is 1.